The maximum Gasteiger partial charge on any atom is 0.219 e. The number of rotatable bonds is 9. The summed E-state index contributed by atoms with van der Waals surface area (Å²) < 4.78 is 5.47. The van der Waals surface area contributed by atoms with Crippen molar-refractivity contribution in [3.63, 3.8) is 0 Å². The van der Waals surface area contributed by atoms with E-state index in [-0.39, 0.29) is 22.4 Å². The summed E-state index contributed by atoms with van der Waals surface area (Å²) in [6.45, 7) is 11.4. The minimum Gasteiger partial charge on any atom is -0.496 e. The first kappa shape index (κ1) is 23.3. The van der Waals surface area contributed by atoms with Crippen molar-refractivity contribution < 1.29 is 14.3 Å². The number of Topliss-reactive ketones (excluding diaryl/α,β-unsaturated/α-hetero) is 1. The maximum atomic E-state index is 13.6. The van der Waals surface area contributed by atoms with Crippen LogP contribution in [0.1, 0.15) is 51.4 Å². The Morgan fingerprint density at radius 1 is 1.07 bits per heavy atom. The number of hydrogen-bond donors (Lipinski definition) is 0. The fourth-order valence-electron chi connectivity index (χ4n) is 3.50. The number of ether oxygens (including phenoxy) is 1. The highest BCUT2D eigenvalue weighted by molar-refractivity contribution is 8.00. The molecule has 0 heterocycles. The molecule has 1 atom stereocenters. The molecule has 0 aliphatic heterocycles. The predicted molar refractivity (Wildman–Crippen MR) is 123 cm³/mol. The van der Waals surface area contributed by atoms with E-state index in [1.807, 2.05) is 41.3 Å². The van der Waals surface area contributed by atoms with Crippen molar-refractivity contribution >= 4 is 34.2 Å². The zero-order valence-corrected chi connectivity index (χ0v) is 19.3. The number of thioether (sulfide) groups is 1. The third kappa shape index (κ3) is 5.75. The van der Waals surface area contributed by atoms with E-state index in [2.05, 4.69) is 27.7 Å². The Morgan fingerprint density at radius 2 is 1.72 bits per heavy atom. The van der Waals surface area contributed by atoms with Gasteiger partial charge in [0.2, 0.25) is 5.91 Å². The molecule has 0 aromatic heterocycles. The predicted octanol–water partition coefficient (Wildman–Crippen LogP) is 5.44. The number of carbonyl (C=O) groups excluding carboxylic acids is 2. The number of carbonyl (C=O) groups is 2. The van der Waals surface area contributed by atoms with Crippen LogP contribution in [0, 0.1) is 5.41 Å². The summed E-state index contributed by atoms with van der Waals surface area (Å²) in [4.78, 5) is 27.3. The lowest BCUT2D eigenvalue weighted by Crippen LogP contribution is -2.35. The third-order valence-corrected chi connectivity index (χ3v) is 6.65. The number of fused-ring (bicyclic) bond motifs is 1. The molecule has 5 heteroatoms. The van der Waals surface area contributed by atoms with Crippen molar-refractivity contribution in [2.45, 2.75) is 46.3 Å². The summed E-state index contributed by atoms with van der Waals surface area (Å²) >= 11 is 1.65. The van der Waals surface area contributed by atoms with Crippen LogP contribution in [-0.4, -0.2) is 47.8 Å². The summed E-state index contributed by atoms with van der Waals surface area (Å²) in [7, 11) is 1.65. The van der Waals surface area contributed by atoms with E-state index in [0.717, 1.165) is 40.8 Å². The highest BCUT2D eigenvalue weighted by Gasteiger charge is 2.33. The molecule has 4 nitrogen and oxygen atoms in total. The molecule has 2 aromatic rings. The molecule has 0 saturated heterocycles. The summed E-state index contributed by atoms with van der Waals surface area (Å²) in [5, 5.41) is 1.67. The molecule has 1 amide bonds. The Morgan fingerprint density at radius 3 is 2.28 bits per heavy atom. The van der Waals surface area contributed by atoms with E-state index < -0.39 is 0 Å². The molecule has 0 spiro atoms. The molecule has 0 aliphatic carbocycles. The minimum absolute atomic E-state index is 0.0900. The van der Waals surface area contributed by atoms with Gasteiger partial charge in [-0.3, -0.25) is 9.59 Å². The van der Waals surface area contributed by atoms with Gasteiger partial charge >= 0.3 is 0 Å². The molecule has 29 heavy (non-hydrogen) atoms. The van der Waals surface area contributed by atoms with E-state index in [0.29, 0.717) is 6.54 Å². The van der Waals surface area contributed by atoms with Gasteiger partial charge in [-0.1, -0.05) is 52.0 Å². The molecule has 0 fully saturated rings. The van der Waals surface area contributed by atoms with E-state index in [9.17, 15) is 9.59 Å². The number of ketones is 1. The average molecular weight is 416 g/mol. The van der Waals surface area contributed by atoms with Gasteiger partial charge in [0.25, 0.3) is 0 Å². The smallest absolute Gasteiger partial charge is 0.219 e. The van der Waals surface area contributed by atoms with Crippen LogP contribution in [0.3, 0.4) is 0 Å². The van der Waals surface area contributed by atoms with Crippen molar-refractivity contribution in [1.82, 2.24) is 4.90 Å². The summed E-state index contributed by atoms with van der Waals surface area (Å²) in [5.41, 5.74) is 0.528. The highest BCUT2D eigenvalue weighted by Crippen LogP contribution is 2.36. The van der Waals surface area contributed by atoms with E-state index in [4.69, 9.17) is 4.74 Å². The Labute approximate surface area is 179 Å². The second-order valence-electron chi connectivity index (χ2n) is 8.35. The Bertz CT molecular complexity index is 857. The Hall–Kier alpha value is -2.01. The minimum atomic E-state index is -0.200. The normalized spacial score (nSPS) is 12.6. The van der Waals surface area contributed by atoms with Gasteiger partial charge in [0, 0.05) is 36.7 Å². The second-order valence-corrected chi connectivity index (χ2v) is 9.56. The molecule has 2 rings (SSSR count). The van der Waals surface area contributed by atoms with E-state index in [1.165, 1.54) is 0 Å². The van der Waals surface area contributed by atoms with Crippen LogP contribution in [0.5, 0.6) is 5.75 Å². The lowest BCUT2D eigenvalue weighted by Gasteiger charge is -2.30. The fourth-order valence-corrected chi connectivity index (χ4v) is 4.84. The zero-order chi connectivity index (χ0) is 21.6. The summed E-state index contributed by atoms with van der Waals surface area (Å²) in [6, 6.07) is 11.6. The number of nitrogens with zero attached hydrogens (tertiary/aromatic N) is 1. The van der Waals surface area contributed by atoms with Crippen LogP contribution in [0.2, 0.25) is 0 Å². The quantitative estimate of drug-likeness (QED) is 0.512. The topological polar surface area (TPSA) is 46.6 Å². The lowest BCUT2D eigenvalue weighted by molar-refractivity contribution is -0.128. The first-order valence-corrected chi connectivity index (χ1v) is 11.2. The molecular weight excluding hydrogens is 382 g/mol. The van der Waals surface area contributed by atoms with Gasteiger partial charge in [-0.25, -0.2) is 0 Å². The van der Waals surface area contributed by atoms with Gasteiger partial charge < -0.3 is 9.64 Å². The molecule has 158 valence electrons. The van der Waals surface area contributed by atoms with Crippen LogP contribution < -0.4 is 4.74 Å². The molecule has 2 aromatic carbocycles. The molecular formula is C24H33NO3S. The van der Waals surface area contributed by atoms with Crippen LogP contribution in [0.15, 0.2) is 36.4 Å². The van der Waals surface area contributed by atoms with Crippen molar-refractivity contribution in [1.29, 1.82) is 0 Å². The SMILES string of the molecule is CCCN(CCSC(C(=O)c1ccc(OC)c2ccccc12)C(C)(C)C)C(C)=O. The number of benzene rings is 2. The van der Waals surface area contributed by atoms with Gasteiger partial charge in [0.15, 0.2) is 5.78 Å². The summed E-state index contributed by atoms with van der Waals surface area (Å²) in [6.07, 6.45) is 0.934. The molecule has 0 radical (unpaired) electrons. The number of methoxy groups -OCH3 is 1. The van der Waals surface area contributed by atoms with Gasteiger partial charge in [-0.15, -0.1) is 11.8 Å². The average Bonchev–Trinajstić information content (AvgIpc) is 2.67. The highest BCUT2D eigenvalue weighted by atomic mass is 32.2. The molecule has 1 unspecified atom stereocenters. The zero-order valence-electron chi connectivity index (χ0n) is 18.5. The Balaban J connectivity index is 2.29. The molecule has 0 bridgehead atoms. The fraction of sp³-hybridized carbons (Fsp3) is 0.500. The van der Waals surface area contributed by atoms with Crippen LogP contribution in [0.4, 0.5) is 0 Å². The van der Waals surface area contributed by atoms with Crippen molar-refractivity contribution in [2.75, 3.05) is 26.0 Å². The van der Waals surface area contributed by atoms with E-state index >= 15 is 0 Å². The largest absolute Gasteiger partial charge is 0.496 e. The van der Waals surface area contributed by atoms with Gasteiger partial charge in [0.1, 0.15) is 5.75 Å². The van der Waals surface area contributed by atoms with Crippen LogP contribution >= 0.6 is 11.8 Å². The molecule has 0 N–H and O–H groups in total. The third-order valence-electron chi connectivity index (χ3n) is 4.98. The first-order valence-electron chi connectivity index (χ1n) is 10.2. The summed E-state index contributed by atoms with van der Waals surface area (Å²) in [5.74, 6) is 1.73. The second kappa shape index (κ2) is 10.1. The maximum absolute atomic E-state index is 13.6. The van der Waals surface area contributed by atoms with Crippen molar-refractivity contribution in [2.24, 2.45) is 5.41 Å². The number of hydrogen-bond acceptors (Lipinski definition) is 4. The van der Waals surface area contributed by atoms with Crippen LogP contribution in [-0.2, 0) is 4.79 Å². The standard InChI is InChI=1S/C24H33NO3S/c1-7-14-25(17(2)26)15-16-29-23(24(3,4)5)22(27)20-12-13-21(28-6)19-11-9-8-10-18(19)20/h8-13,23H,7,14-16H2,1-6H3. The first-order chi connectivity index (χ1) is 13.7. The van der Waals surface area contributed by atoms with Crippen LogP contribution in [0.25, 0.3) is 10.8 Å². The molecule has 0 saturated carbocycles. The van der Waals surface area contributed by atoms with Crippen molar-refractivity contribution in [3.8, 4) is 5.75 Å². The number of amides is 1. The van der Waals surface area contributed by atoms with Crippen molar-refractivity contribution in [3.05, 3.63) is 42.0 Å². The van der Waals surface area contributed by atoms with Gasteiger partial charge in [-0.05, 0) is 29.4 Å². The monoisotopic (exact) mass is 415 g/mol. The Kier molecular flexibility index (Phi) is 8.14. The lowest BCUT2D eigenvalue weighted by atomic mass is 9.86. The molecule has 0 aliphatic rings. The van der Waals surface area contributed by atoms with Gasteiger partial charge in [0.05, 0.1) is 12.4 Å². The van der Waals surface area contributed by atoms with E-state index in [1.54, 1.807) is 25.8 Å². The van der Waals surface area contributed by atoms with Gasteiger partial charge in [-0.2, -0.15) is 0 Å².